The van der Waals surface area contributed by atoms with Crippen LogP contribution in [-0.2, 0) is 39.1 Å². The summed E-state index contributed by atoms with van der Waals surface area (Å²) in [7, 11) is 1.81. The molecule has 6 heterocycles. The molecule has 17 heteroatoms. The minimum atomic E-state index is -0.756. The number of fused-ring (bicyclic) bond motifs is 3. The largest absolute Gasteiger partial charge is 0.493 e. The standard InChI is InChI=1S/C57H61N9O7S/c1-34-38(39-22-24-48(60-52(39)55(71)73-57(2,3)4)66-28-26-36-14-8-16-40(43(36)32-66)53(69)62-56-59-44-17-6-7-19-47(44)74-56)15-9-18-46(34)72-29-11-13-35-12-10-27-65(31-35)33-50(68)58-37-20-21-41-45(30-37)64(5)63-51(41)42-23-25-49(67)61-54(42)70/h6-9,14-22,24,30,35,42H,10-13,23,25-29,31-33H2,1-5H3,(H,58,68)(H,59,62,69)(H,61,67,70)/t35-,42?/m1/s1. The fourth-order valence-corrected chi connectivity index (χ4v) is 11.4. The average molecular weight is 1020 g/mol. The van der Waals surface area contributed by atoms with Crippen LogP contribution in [0, 0.1) is 12.8 Å². The second-order valence-electron chi connectivity index (χ2n) is 20.6. The van der Waals surface area contributed by atoms with Gasteiger partial charge in [0.25, 0.3) is 5.91 Å². The van der Waals surface area contributed by atoms with Crippen molar-refractivity contribution in [3.8, 4) is 16.9 Å². The molecule has 2 fully saturated rings. The van der Waals surface area contributed by atoms with Gasteiger partial charge in [0.1, 0.15) is 17.2 Å². The van der Waals surface area contributed by atoms with Gasteiger partial charge in [-0.2, -0.15) is 5.10 Å². The lowest BCUT2D eigenvalue weighted by Gasteiger charge is -2.32. The maximum atomic E-state index is 14.1. The van der Waals surface area contributed by atoms with Gasteiger partial charge >= 0.3 is 5.97 Å². The zero-order valence-corrected chi connectivity index (χ0v) is 43.3. The average Bonchev–Trinajstić information content (AvgIpc) is 3.94. The minimum Gasteiger partial charge on any atom is -0.493 e. The van der Waals surface area contributed by atoms with Crippen LogP contribution in [0.15, 0.2) is 91.0 Å². The van der Waals surface area contributed by atoms with Crippen molar-refractivity contribution in [1.29, 1.82) is 0 Å². The van der Waals surface area contributed by atoms with Gasteiger partial charge in [0.05, 0.1) is 40.5 Å². The summed E-state index contributed by atoms with van der Waals surface area (Å²) in [5.74, 6) is -0.174. The van der Waals surface area contributed by atoms with Crippen LogP contribution in [0.1, 0.15) is 108 Å². The molecule has 0 aliphatic carbocycles. The Morgan fingerprint density at radius 2 is 1.73 bits per heavy atom. The molecule has 3 aliphatic heterocycles. The van der Waals surface area contributed by atoms with Crippen LogP contribution in [0.25, 0.3) is 32.2 Å². The highest BCUT2D eigenvalue weighted by atomic mass is 32.1. The summed E-state index contributed by atoms with van der Waals surface area (Å²) in [6.07, 6.45) is 5.27. The molecular weight excluding hydrogens is 955 g/mol. The summed E-state index contributed by atoms with van der Waals surface area (Å²) in [5.41, 5.74) is 7.30. The number of amides is 4. The number of hydrogen-bond donors (Lipinski definition) is 3. The van der Waals surface area contributed by atoms with Crippen LogP contribution in [0.5, 0.6) is 5.75 Å². The summed E-state index contributed by atoms with van der Waals surface area (Å²) >= 11 is 1.44. The molecule has 3 aromatic heterocycles. The van der Waals surface area contributed by atoms with Crippen molar-refractivity contribution >= 4 is 78.7 Å². The first kappa shape index (κ1) is 50.1. The molecule has 0 spiro atoms. The molecule has 2 saturated heterocycles. The van der Waals surface area contributed by atoms with Gasteiger partial charge in [-0.05, 0) is 156 Å². The van der Waals surface area contributed by atoms with Crippen LogP contribution in [0.2, 0.25) is 0 Å². The van der Waals surface area contributed by atoms with E-state index >= 15 is 0 Å². The molecule has 4 aromatic carbocycles. The van der Waals surface area contributed by atoms with E-state index in [2.05, 4.69) is 41.9 Å². The van der Waals surface area contributed by atoms with E-state index in [-0.39, 0.29) is 42.3 Å². The van der Waals surface area contributed by atoms with E-state index in [1.807, 2.05) is 120 Å². The number of carbonyl (C=O) groups is 5. The van der Waals surface area contributed by atoms with Crippen molar-refractivity contribution in [2.45, 2.75) is 90.7 Å². The van der Waals surface area contributed by atoms with Crippen molar-refractivity contribution in [3.63, 3.8) is 0 Å². The second-order valence-corrected chi connectivity index (χ2v) is 21.6. The number of esters is 1. The Morgan fingerprint density at radius 1 is 0.892 bits per heavy atom. The van der Waals surface area contributed by atoms with Crippen molar-refractivity contribution in [1.82, 2.24) is 30.0 Å². The fourth-order valence-electron chi connectivity index (χ4n) is 10.5. The molecular formula is C57H61N9O7S. The topological polar surface area (TPSA) is 190 Å². The van der Waals surface area contributed by atoms with Crippen LogP contribution >= 0.6 is 11.3 Å². The number of piperidine rings is 2. The molecule has 74 heavy (non-hydrogen) atoms. The van der Waals surface area contributed by atoms with E-state index in [1.165, 1.54) is 11.3 Å². The van der Waals surface area contributed by atoms with Gasteiger partial charge in [0.2, 0.25) is 17.7 Å². The van der Waals surface area contributed by atoms with Crippen LogP contribution in [-0.4, -0.2) is 92.6 Å². The first-order valence-corrected chi connectivity index (χ1v) is 26.3. The van der Waals surface area contributed by atoms with Crippen LogP contribution < -0.4 is 25.6 Å². The van der Waals surface area contributed by atoms with Crippen molar-refractivity contribution in [3.05, 3.63) is 125 Å². The first-order chi connectivity index (χ1) is 35.6. The zero-order chi connectivity index (χ0) is 51.7. The minimum absolute atomic E-state index is 0.0922. The number of carbonyl (C=O) groups excluding carboxylic acids is 5. The molecule has 0 radical (unpaired) electrons. The molecule has 3 aliphatic rings. The summed E-state index contributed by atoms with van der Waals surface area (Å²) in [6, 6.07) is 29.0. The number of ether oxygens (including phenoxy) is 2. The zero-order valence-electron chi connectivity index (χ0n) is 42.5. The number of aryl methyl sites for hydroxylation is 1. The molecule has 0 bridgehead atoms. The Hall–Kier alpha value is -7.50. The molecule has 10 rings (SSSR count). The van der Waals surface area contributed by atoms with Gasteiger partial charge in [-0.25, -0.2) is 14.8 Å². The number of thiazole rings is 1. The summed E-state index contributed by atoms with van der Waals surface area (Å²) < 4.78 is 15.1. The quantitative estimate of drug-likeness (QED) is 0.0533. The van der Waals surface area contributed by atoms with E-state index < -0.39 is 17.5 Å². The number of aromatic nitrogens is 4. The van der Waals surface area contributed by atoms with Crippen LogP contribution in [0.4, 0.5) is 16.6 Å². The lowest BCUT2D eigenvalue weighted by molar-refractivity contribution is -0.134. The maximum Gasteiger partial charge on any atom is 0.358 e. The lowest BCUT2D eigenvalue weighted by Crippen LogP contribution is -2.40. The summed E-state index contributed by atoms with van der Waals surface area (Å²) in [4.78, 5) is 79.5. The number of imide groups is 1. The Balaban J connectivity index is 0.764. The Kier molecular flexibility index (Phi) is 14.3. The molecule has 4 amide bonds. The first-order valence-electron chi connectivity index (χ1n) is 25.5. The number of likely N-dealkylation sites (tertiary alicyclic amines) is 1. The molecule has 3 N–H and O–H groups in total. The van der Waals surface area contributed by atoms with Crippen molar-refractivity contribution < 1.29 is 33.4 Å². The predicted octanol–water partition coefficient (Wildman–Crippen LogP) is 9.35. The third-order valence-electron chi connectivity index (χ3n) is 14.1. The van der Waals surface area contributed by atoms with E-state index in [1.54, 1.807) is 4.68 Å². The predicted molar refractivity (Wildman–Crippen MR) is 287 cm³/mol. The number of pyridine rings is 1. The van der Waals surface area contributed by atoms with Gasteiger partial charge in [0, 0.05) is 55.3 Å². The van der Waals surface area contributed by atoms with Gasteiger partial charge < -0.3 is 19.7 Å². The highest BCUT2D eigenvalue weighted by Crippen LogP contribution is 2.37. The third kappa shape index (κ3) is 11.0. The van der Waals surface area contributed by atoms with Gasteiger partial charge in [-0.3, -0.25) is 39.4 Å². The number of anilines is 3. The molecule has 7 aromatic rings. The summed E-state index contributed by atoms with van der Waals surface area (Å²) in [5, 5.41) is 14.5. The molecule has 1 unspecified atom stereocenters. The van der Waals surface area contributed by atoms with E-state index in [9.17, 15) is 24.0 Å². The van der Waals surface area contributed by atoms with Crippen LogP contribution in [0.3, 0.4) is 0 Å². The lowest BCUT2D eigenvalue weighted by atomic mass is 9.93. The number of hydrogen-bond acceptors (Lipinski definition) is 13. The van der Waals surface area contributed by atoms with E-state index in [4.69, 9.17) is 14.5 Å². The smallest absolute Gasteiger partial charge is 0.358 e. The monoisotopic (exact) mass is 1020 g/mol. The molecule has 0 saturated carbocycles. The van der Waals surface area contributed by atoms with E-state index in [0.29, 0.717) is 71.9 Å². The van der Waals surface area contributed by atoms with Gasteiger partial charge in [-0.1, -0.05) is 47.7 Å². The second kappa shape index (κ2) is 21.2. The number of nitrogens with zero attached hydrogens (tertiary/aromatic N) is 6. The maximum absolute atomic E-state index is 14.1. The molecule has 382 valence electrons. The summed E-state index contributed by atoms with van der Waals surface area (Å²) in [6.45, 7) is 11.1. The Labute approximate surface area is 433 Å². The third-order valence-corrected chi connectivity index (χ3v) is 15.1. The number of benzene rings is 4. The highest BCUT2D eigenvalue weighted by molar-refractivity contribution is 7.22. The fraction of sp³-hybridized carbons (Fsp3) is 0.368. The Morgan fingerprint density at radius 3 is 2.55 bits per heavy atom. The normalized spacial score (nSPS) is 17.2. The molecule has 16 nitrogen and oxygen atoms in total. The van der Waals surface area contributed by atoms with Crippen molar-refractivity contribution in [2.75, 3.05) is 48.3 Å². The number of para-hydroxylation sites is 1. The number of nitrogens with one attached hydrogen (secondary N) is 3. The van der Waals surface area contributed by atoms with Crippen molar-refractivity contribution in [2.24, 2.45) is 13.0 Å². The van der Waals surface area contributed by atoms with Gasteiger partial charge in [-0.15, -0.1) is 0 Å². The highest BCUT2D eigenvalue weighted by Gasteiger charge is 2.32. The number of rotatable bonds is 14. The Bertz CT molecular complexity index is 3290. The molecule has 2 atom stereocenters. The van der Waals surface area contributed by atoms with Gasteiger partial charge in [0.15, 0.2) is 10.8 Å². The van der Waals surface area contributed by atoms with E-state index in [0.717, 1.165) is 87.9 Å². The SMILES string of the molecule is Cc1c(OCCC[C@H]2CCCN(CC(=O)Nc3ccc4c(C5CCC(=O)NC5=O)nn(C)c4c3)C2)cccc1-c1ccc(N2CCc3cccc(C(=O)Nc4nc5ccccc5s4)c3C2)nc1C(=O)OC(C)(C)C.